The van der Waals surface area contributed by atoms with Crippen molar-refractivity contribution in [2.75, 3.05) is 32.7 Å². The van der Waals surface area contributed by atoms with E-state index in [9.17, 15) is 4.79 Å². The number of likely N-dealkylation sites (tertiary alicyclic amines) is 1. The minimum Gasteiger partial charge on any atom is -0.335 e. The zero-order chi connectivity index (χ0) is 12.1. The van der Waals surface area contributed by atoms with Gasteiger partial charge in [0, 0.05) is 19.6 Å². The lowest BCUT2D eigenvalue weighted by atomic mass is 9.72. The Morgan fingerprint density at radius 3 is 2.53 bits per heavy atom. The fourth-order valence-corrected chi connectivity index (χ4v) is 2.91. The molecule has 2 aliphatic rings. The van der Waals surface area contributed by atoms with Crippen LogP contribution in [-0.4, -0.2) is 43.7 Å². The lowest BCUT2D eigenvalue weighted by molar-refractivity contribution is 0.0878. The highest BCUT2D eigenvalue weighted by molar-refractivity contribution is 5.74. The van der Waals surface area contributed by atoms with Gasteiger partial charge in [0.1, 0.15) is 0 Å². The minimum absolute atomic E-state index is 0.0636. The second kappa shape index (κ2) is 5.54. The van der Waals surface area contributed by atoms with Crippen molar-refractivity contribution in [1.29, 1.82) is 0 Å². The Labute approximate surface area is 103 Å². The molecule has 0 radical (unpaired) electrons. The molecular formula is C13H23N3O. The maximum Gasteiger partial charge on any atom is 0.317 e. The Morgan fingerprint density at radius 1 is 1.29 bits per heavy atom. The van der Waals surface area contributed by atoms with E-state index in [-0.39, 0.29) is 6.03 Å². The summed E-state index contributed by atoms with van der Waals surface area (Å²) >= 11 is 0. The summed E-state index contributed by atoms with van der Waals surface area (Å²) < 4.78 is 0. The third kappa shape index (κ3) is 3.00. The van der Waals surface area contributed by atoms with Crippen LogP contribution in [0.4, 0.5) is 4.79 Å². The third-order valence-electron chi connectivity index (χ3n) is 4.17. The summed E-state index contributed by atoms with van der Waals surface area (Å²) in [6.07, 6.45) is 6.59. The highest BCUT2D eigenvalue weighted by Gasteiger charge is 2.36. The van der Waals surface area contributed by atoms with E-state index in [1.807, 2.05) is 4.90 Å². The first kappa shape index (κ1) is 12.4. The molecule has 96 valence electrons. The molecule has 0 aromatic rings. The number of carbonyl (C=O) groups is 1. The molecule has 2 aliphatic heterocycles. The van der Waals surface area contributed by atoms with Crippen molar-refractivity contribution in [2.45, 2.75) is 25.7 Å². The Hall–Kier alpha value is -1.03. The van der Waals surface area contributed by atoms with Crippen LogP contribution < -0.4 is 10.6 Å². The molecule has 0 saturated carbocycles. The molecule has 17 heavy (non-hydrogen) atoms. The van der Waals surface area contributed by atoms with Crippen LogP contribution in [0.25, 0.3) is 0 Å². The van der Waals surface area contributed by atoms with Gasteiger partial charge >= 0.3 is 6.03 Å². The Morgan fingerprint density at radius 2 is 1.94 bits per heavy atom. The van der Waals surface area contributed by atoms with Gasteiger partial charge in [0.25, 0.3) is 0 Å². The molecule has 2 saturated heterocycles. The standard InChI is InChI=1S/C13H23N3O/c1-2-7-15-12(17)16-10-5-13(6-11-16)3-8-14-9-4-13/h2,14H,1,3-11H2,(H,15,17). The molecule has 0 aliphatic carbocycles. The predicted octanol–water partition coefficient (Wildman–Crippen LogP) is 1.35. The van der Waals surface area contributed by atoms with Gasteiger partial charge < -0.3 is 15.5 Å². The maximum atomic E-state index is 11.8. The predicted molar refractivity (Wildman–Crippen MR) is 68.9 cm³/mol. The van der Waals surface area contributed by atoms with Gasteiger partial charge in [0.05, 0.1) is 0 Å². The van der Waals surface area contributed by atoms with Crippen molar-refractivity contribution in [2.24, 2.45) is 5.41 Å². The number of hydrogen-bond donors (Lipinski definition) is 2. The van der Waals surface area contributed by atoms with Crippen LogP contribution in [0.2, 0.25) is 0 Å². The fourth-order valence-electron chi connectivity index (χ4n) is 2.91. The lowest BCUT2D eigenvalue weighted by Gasteiger charge is -2.44. The molecule has 2 N–H and O–H groups in total. The molecule has 2 heterocycles. The lowest BCUT2D eigenvalue weighted by Crippen LogP contribution is -2.49. The largest absolute Gasteiger partial charge is 0.335 e. The Balaban J connectivity index is 1.80. The number of rotatable bonds is 2. The van der Waals surface area contributed by atoms with Gasteiger partial charge in [-0.25, -0.2) is 4.79 Å². The number of nitrogens with zero attached hydrogens (tertiary/aromatic N) is 1. The van der Waals surface area contributed by atoms with Crippen molar-refractivity contribution >= 4 is 6.03 Å². The average molecular weight is 237 g/mol. The third-order valence-corrected chi connectivity index (χ3v) is 4.17. The van der Waals surface area contributed by atoms with E-state index in [1.165, 1.54) is 12.8 Å². The SMILES string of the molecule is C=CCNC(=O)N1CCC2(CCNCC2)CC1. The van der Waals surface area contributed by atoms with Gasteiger partial charge in [-0.15, -0.1) is 6.58 Å². The smallest absolute Gasteiger partial charge is 0.317 e. The quantitative estimate of drug-likeness (QED) is 0.712. The van der Waals surface area contributed by atoms with Crippen LogP contribution >= 0.6 is 0 Å². The van der Waals surface area contributed by atoms with Gasteiger partial charge in [-0.2, -0.15) is 0 Å². The van der Waals surface area contributed by atoms with Crippen molar-refractivity contribution in [3.8, 4) is 0 Å². The van der Waals surface area contributed by atoms with Crippen molar-refractivity contribution in [3.05, 3.63) is 12.7 Å². The summed E-state index contributed by atoms with van der Waals surface area (Å²) in [5.41, 5.74) is 0.514. The molecule has 2 rings (SSSR count). The van der Waals surface area contributed by atoms with E-state index in [0.29, 0.717) is 12.0 Å². The number of piperidine rings is 2. The maximum absolute atomic E-state index is 11.8. The van der Waals surface area contributed by atoms with E-state index in [1.54, 1.807) is 6.08 Å². The number of urea groups is 1. The highest BCUT2D eigenvalue weighted by Crippen LogP contribution is 2.39. The van der Waals surface area contributed by atoms with E-state index in [0.717, 1.165) is 39.0 Å². The van der Waals surface area contributed by atoms with Crippen molar-refractivity contribution in [1.82, 2.24) is 15.5 Å². The summed E-state index contributed by atoms with van der Waals surface area (Å²) in [5, 5.41) is 6.26. The van der Waals surface area contributed by atoms with E-state index in [4.69, 9.17) is 0 Å². The van der Waals surface area contributed by atoms with Crippen LogP contribution in [0, 0.1) is 5.41 Å². The van der Waals surface area contributed by atoms with Crippen molar-refractivity contribution < 1.29 is 4.79 Å². The summed E-state index contributed by atoms with van der Waals surface area (Å²) in [6.45, 7) is 8.26. The molecule has 0 atom stereocenters. The molecule has 2 amide bonds. The fraction of sp³-hybridized carbons (Fsp3) is 0.769. The summed E-state index contributed by atoms with van der Waals surface area (Å²) in [5.74, 6) is 0. The molecule has 0 unspecified atom stereocenters. The summed E-state index contributed by atoms with van der Waals surface area (Å²) in [7, 11) is 0. The molecular weight excluding hydrogens is 214 g/mol. The van der Waals surface area contributed by atoms with Crippen LogP contribution in [0.1, 0.15) is 25.7 Å². The van der Waals surface area contributed by atoms with Gasteiger partial charge in [0.2, 0.25) is 0 Å². The van der Waals surface area contributed by atoms with Gasteiger partial charge in [-0.1, -0.05) is 6.08 Å². The zero-order valence-electron chi connectivity index (χ0n) is 10.5. The van der Waals surface area contributed by atoms with E-state index in [2.05, 4.69) is 17.2 Å². The number of carbonyl (C=O) groups excluding carboxylic acids is 1. The number of nitrogens with one attached hydrogen (secondary N) is 2. The topological polar surface area (TPSA) is 44.4 Å². The molecule has 0 aromatic heterocycles. The number of amides is 2. The van der Waals surface area contributed by atoms with Crippen molar-refractivity contribution in [3.63, 3.8) is 0 Å². The van der Waals surface area contributed by atoms with Crippen LogP contribution in [-0.2, 0) is 0 Å². The van der Waals surface area contributed by atoms with Gasteiger partial charge in [-0.05, 0) is 44.2 Å². The summed E-state index contributed by atoms with van der Waals surface area (Å²) in [6, 6.07) is 0.0636. The first-order chi connectivity index (χ1) is 8.26. The van der Waals surface area contributed by atoms with E-state index < -0.39 is 0 Å². The Bertz CT molecular complexity index is 274. The zero-order valence-corrected chi connectivity index (χ0v) is 10.5. The Kier molecular flexibility index (Phi) is 4.05. The average Bonchev–Trinajstić information content (AvgIpc) is 2.38. The van der Waals surface area contributed by atoms with Crippen LogP contribution in [0.3, 0.4) is 0 Å². The van der Waals surface area contributed by atoms with Gasteiger partial charge in [-0.3, -0.25) is 0 Å². The van der Waals surface area contributed by atoms with Gasteiger partial charge in [0.15, 0.2) is 0 Å². The first-order valence-electron chi connectivity index (χ1n) is 6.60. The molecule has 2 fully saturated rings. The molecule has 0 aromatic carbocycles. The molecule has 0 bridgehead atoms. The monoisotopic (exact) mass is 237 g/mol. The molecule has 1 spiro atoms. The second-order valence-electron chi connectivity index (χ2n) is 5.21. The molecule has 4 nitrogen and oxygen atoms in total. The van der Waals surface area contributed by atoms with E-state index >= 15 is 0 Å². The normalized spacial score (nSPS) is 23.4. The van der Waals surface area contributed by atoms with Crippen LogP contribution in [0.5, 0.6) is 0 Å². The minimum atomic E-state index is 0.0636. The summed E-state index contributed by atoms with van der Waals surface area (Å²) in [4.78, 5) is 13.7. The second-order valence-corrected chi connectivity index (χ2v) is 5.21. The number of hydrogen-bond acceptors (Lipinski definition) is 2. The van der Waals surface area contributed by atoms with Crippen LogP contribution in [0.15, 0.2) is 12.7 Å². The first-order valence-corrected chi connectivity index (χ1v) is 6.60. The molecule has 4 heteroatoms. The highest BCUT2D eigenvalue weighted by atomic mass is 16.2.